The molecule has 1 aromatic heterocycles. The van der Waals surface area contributed by atoms with E-state index in [4.69, 9.17) is 9.47 Å². The van der Waals surface area contributed by atoms with Crippen molar-refractivity contribution in [3.8, 4) is 11.5 Å². The molecule has 0 atom stereocenters. The number of methoxy groups -OCH3 is 2. The van der Waals surface area contributed by atoms with Crippen molar-refractivity contribution in [3.05, 3.63) is 48.2 Å². The Bertz CT molecular complexity index is 792. The normalized spacial score (nSPS) is 14.2. The quantitative estimate of drug-likeness (QED) is 0.677. The topological polar surface area (TPSA) is 58.1 Å². The van der Waals surface area contributed by atoms with Gasteiger partial charge in [-0.3, -0.25) is 9.69 Å². The predicted molar refractivity (Wildman–Crippen MR) is 114 cm³/mol. The van der Waals surface area contributed by atoms with Crippen LogP contribution in [0.5, 0.6) is 11.5 Å². The number of benzene rings is 1. The Morgan fingerprint density at radius 3 is 2.48 bits per heavy atom. The highest BCUT2D eigenvalue weighted by Gasteiger charge is 2.22. The van der Waals surface area contributed by atoms with Gasteiger partial charge in [0.2, 0.25) is 5.91 Å². The van der Waals surface area contributed by atoms with Crippen molar-refractivity contribution >= 4 is 11.7 Å². The molecule has 7 nitrogen and oxygen atoms in total. The van der Waals surface area contributed by atoms with Crippen LogP contribution in [0.3, 0.4) is 0 Å². The zero-order valence-corrected chi connectivity index (χ0v) is 17.5. The number of carbonyl (C=O) groups is 1. The van der Waals surface area contributed by atoms with Gasteiger partial charge in [-0.25, -0.2) is 4.98 Å². The third kappa shape index (κ3) is 5.60. The molecule has 0 saturated carbocycles. The summed E-state index contributed by atoms with van der Waals surface area (Å²) in [6, 6.07) is 11.9. The first kappa shape index (κ1) is 20.9. The molecule has 29 heavy (non-hydrogen) atoms. The van der Waals surface area contributed by atoms with Crippen LogP contribution in [0.1, 0.15) is 5.56 Å². The van der Waals surface area contributed by atoms with Gasteiger partial charge in [-0.1, -0.05) is 12.1 Å². The molecule has 2 heterocycles. The van der Waals surface area contributed by atoms with Gasteiger partial charge in [0.15, 0.2) is 11.5 Å². The maximum absolute atomic E-state index is 12.7. The first-order chi connectivity index (χ1) is 14.1. The summed E-state index contributed by atoms with van der Waals surface area (Å²) in [7, 11) is 5.26. The van der Waals surface area contributed by atoms with E-state index in [1.54, 1.807) is 20.4 Å². The molecule has 0 unspecified atom stereocenters. The minimum absolute atomic E-state index is 0.181. The average Bonchev–Trinajstić information content (AvgIpc) is 2.78. The lowest BCUT2D eigenvalue weighted by molar-refractivity contribution is -0.132. The number of likely N-dealkylation sites (N-methyl/N-ethyl adjacent to an activating group) is 1. The maximum Gasteiger partial charge on any atom is 0.236 e. The summed E-state index contributed by atoms with van der Waals surface area (Å²) in [6.45, 7) is 4.33. The summed E-state index contributed by atoms with van der Waals surface area (Å²) in [4.78, 5) is 23.3. The highest BCUT2D eigenvalue weighted by atomic mass is 16.5. The fourth-order valence-electron chi connectivity index (χ4n) is 3.49. The van der Waals surface area contributed by atoms with E-state index in [0.29, 0.717) is 6.54 Å². The molecule has 0 aliphatic carbocycles. The minimum Gasteiger partial charge on any atom is -0.493 e. The number of hydrogen-bond donors (Lipinski definition) is 0. The van der Waals surface area contributed by atoms with E-state index >= 15 is 0 Å². The molecular weight excluding hydrogens is 368 g/mol. The van der Waals surface area contributed by atoms with Crippen LogP contribution < -0.4 is 14.4 Å². The fourth-order valence-corrected chi connectivity index (χ4v) is 3.49. The Morgan fingerprint density at radius 1 is 1.07 bits per heavy atom. The van der Waals surface area contributed by atoms with E-state index < -0.39 is 0 Å². The van der Waals surface area contributed by atoms with Gasteiger partial charge in [0.25, 0.3) is 0 Å². The van der Waals surface area contributed by atoms with Crippen molar-refractivity contribution in [2.75, 3.05) is 65.4 Å². The highest BCUT2D eigenvalue weighted by Crippen LogP contribution is 2.27. The first-order valence-corrected chi connectivity index (χ1v) is 9.94. The van der Waals surface area contributed by atoms with Gasteiger partial charge in [0.05, 0.1) is 20.8 Å². The summed E-state index contributed by atoms with van der Waals surface area (Å²) in [6.07, 6.45) is 2.65. The molecule has 2 aromatic rings. The van der Waals surface area contributed by atoms with Crippen molar-refractivity contribution < 1.29 is 14.3 Å². The van der Waals surface area contributed by atoms with Crippen LogP contribution in [0, 0.1) is 0 Å². The van der Waals surface area contributed by atoms with E-state index in [-0.39, 0.29) is 5.91 Å². The second-order valence-corrected chi connectivity index (χ2v) is 7.23. The van der Waals surface area contributed by atoms with E-state index in [9.17, 15) is 4.79 Å². The van der Waals surface area contributed by atoms with Crippen molar-refractivity contribution in [1.82, 2.24) is 14.8 Å². The summed E-state index contributed by atoms with van der Waals surface area (Å²) >= 11 is 0. The molecule has 1 aromatic carbocycles. The van der Waals surface area contributed by atoms with Crippen molar-refractivity contribution in [1.29, 1.82) is 0 Å². The summed E-state index contributed by atoms with van der Waals surface area (Å²) in [5, 5.41) is 0. The highest BCUT2D eigenvalue weighted by molar-refractivity contribution is 5.78. The second kappa shape index (κ2) is 10.1. The number of pyridine rings is 1. The second-order valence-electron chi connectivity index (χ2n) is 7.23. The predicted octanol–water partition coefficient (Wildman–Crippen LogP) is 1.92. The summed E-state index contributed by atoms with van der Waals surface area (Å²) in [5.41, 5.74) is 1.16. The van der Waals surface area contributed by atoms with Crippen LogP contribution in [0.25, 0.3) is 0 Å². The number of nitrogens with zero attached hydrogens (tertiary/aromatic N) is 4. The average molecular weight is 399 g/mol. The van der Waals surface area contributed by atoms with Gasteiger partial charge in [-0.05, 0) is 43.3 Å². The number of anilines is 1. The first-order valence-electron chi connectivity index (χ1n) is 9.94. The molecule has 1 aliphatic rings. The van der Waals surface area contributed by atoms with E-state index in [1.807, 2.05) is 48.3 Å². The number of aromatic nitrogens is 1. The monoisotopic (exact) mass is 398 g/mol. The van der Waals surface area contributed by atoms with Crippen LogP contribution in [0.2, 0.25) is 0 Å². The number of rotatable bonds is 8. The molecule has 1 aliphatic heterocycles. The molecule has 3 rings (SSSR count). The SMILES string of the molecule is COc1ccc(CCN(C)CC(=O)N2CCN(c3ccccn3)CC2)cc1OC. The molecule has 156 valence electrons. The molecular formula is C22H30N4O3. The van der Waals surface area contributed by atoms with Crippen LogP contribution in [-0.2, 0) is 11.2 Å². The van der Waals surface area contributed by atoms with Crippen LogP contribution in [0.4, 0.5) is 5.82 Å². The summed E-state index contributed by atoms with van der Waals surface area (Å²) < 4.78 is 10.6. The third-order valence-electron chi connectivity index (χ3n) is 5.24. The lowest BCUT2D eigenvalue weighted by Crippen LogP contribution is -2.51. The van der Waals surface area contributed by atoms with Gasteiger partial charge in [-0.2, -0.15) is 0 Å². The fraction of sp³-hybridized carbons (Fsp3) is 0.455. The number of ether oxygens (including phenoxy) is 2. The van der Waals surface area contributed by atoms with Crippen molar-refractivity contribution in [3.63, 3.8) is 0 Å². The van der Waals surface area contributed by atoms with Gasteiger partial charge >= 0.3 is 0 Å². The van der Waals surface area contributed by atoms with Gasteiger partial charge in [0.1, 0.15) is 5.82 Å². The van der Waals surface area contributed by atoms with Gasteiger partial charge < -0.3 is 19.3 Å². The lowest BCUT2D eigenvalue weighted by atomic mass is 10.1. The number of hydrogen-bond acceptors (Lipinski definition) is 6. The number of carbonyl (C=O) groups excluding carboxylic acids is 1. The Hall–Kier alpha value is -2.80. The standard InChI is InChI=1S/C22H30N4O3/c1-24(11-9-18-7-8-19(28-2)20(16-18)29-3)17-22(27)26-14-12-25(13-15-26)21-6-4-5-10-23-21/h4-8,10,16H,9,11-15,17H2,1-3H3. The van der Waals surface area contributed by atoms with Crippen LogP contribution in [0.15, 0.2) is 42.6 Å². The number of piperazine rings is 1. The molecule has 0 spiro atoms. The minimum atomic E-state index is 0.181. The summed E-state index contributed by atoms with van der Waals surface area (Å²) in [5.74, 6) is 2.62. The zero-order chi connectivity index (χ0) is 20.6. The molecule has 0 radical (unpaired) electrons. The Kier molecular flexibility index (Phi) is 7.30. The van der Waals surface area contributed by atoms with Gasteiger partial charge in [0, 0.05) is 38.9 Å². The van der Waals surface area contributed by atoms with Crippen molar-refractivity contribution in [2.45, 2.75) is 6.42 Å². The molecule has 7 heteroatoms. The Labute approximate surface area is 172 Å². The zero-order valence-electron chi connectivity index (χ0n) is 17.5. The van der Waals surface area contributed by atoms with Crippen molar-refractivity contribution in [2.24, 2.45) is 0 Å². The van der Waals surface area contributed by atoms with E-state index in [1.165, 1.54) is 0 Å². The molecule has 1 saturated heterocycles. The smallest absolute Gasteiger partial charge is 0.236 e. The lowest BCUT2D eigenvalue weighted by Gasteiger charge is -2.36. The molecule has 0 bridgehead atoms. The van der Waals surface area contributed by atoms with Gasteiger partial charge in [-0.15, -0.1) is 0 Å². The largest absolute Gasteiger partial charge is 0.493 e. The van der Waals surface area contributed by atoms with E-state index in [2.05, 4.69) is 14.8 Å². The molecule has 1 fully saturated rings. The Morgan fingerprint density at radius 2 is 1.83 bits per heavy atom. The van der Waals surface area contributed by atoms with Crippen LogP contribution >= 0.6 is 0 Å². The Balaban J connectivity index is 1.44. The third-order valence-corrected chi connectivity index (χ3v) is 5.24. The van der Waals surface area contributed by atoms with E-state index in [0.717, 1.165) is 62.0 Å². The molecule has 1 amide bonds. The van der Waals surface area contributed by atoms with Crippen LogP contribution in [-0.4, -0.2) is 81.2 Å². The number of amides is 1. The maximum atomic E-state index is 12.7. The molecule has 0 N–H and O–H groups in total.